The second-order valence-corrected chi connectivity index (χ2v) is 8.50. The SMILES string of the molecule is COc1ccc(CCN(C(=O)c2ccccc2)[C@H]2CC(=O)N(c3ccc(Cl)cc3)C2=O)cc1OC. The van der Waals surface area contributed by atoms with E-state index < -0.39 is 11.9 Å². The molecule has 0 aliphatic carbocycles. The van der Waals surface area contributed by atoms with Crippen LogP contribution >= 0.6 is 11.6 Å². The van der Waals surface area contributed by atoms with Crippen LogP contribution in [-0.2, 0) is 16.0 Å². The summed E-state index contributed by atoms with van der Waals surface area (Å²) in [6, 6.07) is 19.8. The zero-order valence-electron chi connectivity index (χ0n) is 19.4. The zero-order chi connectivity index (χ0) is 24.9. The Hall–Kier alpha value is -3.84. The van der Waals surface area contributed by atoms with Gasteiger partial charge in [-0.3, -0.25) is 14.4 Å². The Bertz CT molecular complexity index is 1230. The van der Waals surface area contributed by atoms with Crippen molar-refractivity contribution in [2.75, 3.05) is 25.7 Å². The van der Waals surface area contributed by atoms with Crippen LogP contribution in [0.2, 0.25) is 5.02 Å². The van der Waals surface area contributed by atoms with Crippen LogP contribution in [0.3, 0.4) is 0 Å². The van der Waals surface area contributed by atoms with Crippen molar-refractivity contribution in [3.8, 4) is 11.5 Å². The van der Waals surface area contributed by atoms with Crippen LogP contribution in [0.25, 0.3) is 0 Å². The summed E-state index contributed by atoms with van der Waals surface area (Å²) < 4.78 is 10.7. The van der Waals surface area contributed by atoms with Crippen LogP contribution in [0, 0.1) is 0 Å². The van der Waals surface area contributed by atoms with Crippen LogP contribution in [0.15, 0.2) is 72.8 Å². The van der Waals surface area contributed by atoms with E-state index in [0.29, 0.717) is 34.2 Å². The van der Waals surface area contributed by atoms with Gasteiger partial charge in [0.05, 0.1) is 26.3 Å². The van der Waals surface area contributed by atoms with Crippen LogP contribution < -0.4 is 14.4 Å². The second-order valence-electron chi connectivity index (χ2n) is 8.07. The Morgan fingerprint density at radius 3 is 2.31 bits per heavy atom. The number of anilines is 1. The van der Waals surface area contributed by atoms with Crippen molar-refractivity contribution in [1.82, 2.24) is 4.90 Å². The summed E-state index contributed by atoms with van der Waals surface area (Å²) in [5.41, 5.74) is 1.78. The minimum absolute atomic E-state index is 0.0913. The lowest BCUT2D eigenvalue weighted by Crippen LogP contribution is -2.46. The molecule has 4 rings (SSSR count). The maximum absolute atomic E-state index is 13.5. The number of benzene rings is 3. The fourth-order valence-electron chi connectivity index (χ4n) is 4.15. The van der Waals surface area contributed by atoms with Crippen molar-refractivity contribution >= 4 is 35.0 Å². The number of halogens is 1. The minimum Gasteiger partial charge on any atom is -0.493 e. The van der Waals surface area contributed by atoms with E-state index in [0.717, 1.165) is 10.5 Å². The number of ether oxygens (including phenoxy) is 2. The fourth-order valence-corrected chi connectivity index (χ4v) is 4.28. The van der Waals surface area contributed by atoms with Gasteiger partial charge >= 0.3 is 0 Å². The molecule has 1 heterocycles. The molecule has 180 valence electrons. The average Bonchev–Trinajstić information content (AvgIpc) is 3.18. The zero-order valence-corrected chi connectivity index (χ0v) is 20.2. The highest BCUT2D eigenvalue weighted by Gasteiger charge is 2.44. The van der Waals surface area contributed by atoms with E-state index in [2.05, 4.69) is 0 Å². The smallest absolute Gasteiger partial charge is 0.257 e. The first-order chi connectivity index (χ1) is 16.9. The van der Waals surface area contributed by atoms with Crippen molar-refractivity contribution in [3.63, 3.8) is 0 Å². The largest absolute Gasteiger partial charge is 0.493 e. The molecule has 1 fully saturated rings. The van der Waals surface area contributed by atoms with Crippen LogP contribution in [0.1, 0.15) is 22.3 Å². The molecule has 0 radical (unpaired) electrons. The predicted octanol–water partition coefficient (Wildman–Crippen LogP) is 4.37. The Morgan fingerprint density at radius 2 is 1.66 bits per heavy atom. The Morgan fingerprint density at radius 1 is 0.971 bits per heavy atom. The molecule has 0 N–H and O–H groups in total. The van der Waals surface area contributed by atoms with E-state index in [1.54, 1.807) is 68.8 Å². The number of imide groups is 1. The number of carbonyl (C=O) groups is 3. The highest BCUT2D eigenvalue weighted by molar-refractivity contribution is 6.31. The van der Waals surface area contributed by atoms with Crippen molar-refractivity contribution in [2.45, 2.75) is 18.9 Å². The molecular formula is C27H25ClN2O5. The molecular weight excluding hydrogens is 468 g/mol. The Labute approximate surface area is 208 Å². The molecule has 1 saturated heterocycles. The summed E-state index contributed by atoms with van der Waals surface area (Å²) >= 11 is 5.96. The monoisotopic (exact) mass is 492 g/mol. The van der Waals surface area contributed by atoms with E-state index in [4.69, 9.17) is 21.1 Å². The molecule has 0 bridgehead atoms. The summed E-state index contributed by atoms with van der Waals surface area (Å²) in [6.45, 7) is 0.237. The number of amides is 3. The van der Waals surface area contributed by atoms with Gasteiger partial charge < -0.3 is 14.4 Å². The van der Waals surface area contributed by atoms with E-state index >= 15 is 0 Å². The van der Waals surface area contributed by atoms with Gasteiger partial charge in [0.15, 0.2) is 11.5 Å². The second kappa shape index (κ2) is 10.6. The molecule has 3 amide bonds. The van der Waals surface area contributed by atoms with Gasteiger partial charge in [-0.15, -0.1) is 0 Å². The van der Waals surface area contributed by atoms with Crippen LogP contribution in [-0.4, -0.2) is 49.4 Å². The van der Waals surface area contributed by atoms with Gasteiger partial charge in [-0.25, -0.2) is 4.90 Å². The van der Waals surface area contributed by atoms with Gasteiger partial charge in [-0.05, 0) is 60.5 Å². The normalized spacial score (nSPS) is 15.3. The third kappa shape index (κ3) is 5.15. The van der Waals surface area contributed by atoms with Gasteiger partial charge in [0, 0.05) is 17.1 Å². The van der Waals surface area contributed by atoms with Crippen LogP contribution in [0.4, 0.5) is 5.69 Å². The molecule has 8 heteroatoms. The molecule has 1 aliphatic rings. The molecule has 7 nitrogen and oxygen atoms in total. The van der Waals surface area contributed by atoms with Crippen molar-refractivity contribution in [2.24, 2.45) is 0 Å². The quantitative estimate of drug-likeness (QED) is 0.436. The predicted molar refractivity (Wildman–Crippen MR) is 133 cm³/mol. The topological polar surface area (TPSA) is 76.2 Å². The number of nitrogens with zero attached hydrogens (tertiary/aromatic N) is 2. The van der Waals surface area contributed by atoms with Gasteiger partial charge in [-0.1, -0.05) is 35.9 Å². The third-order valence-corrected chi connectivity index (χ3v) is 6.21. The van der Waals surface area contributed by atoms with Crippen LogP contribution in [0.5, 0.6) is 11.5 Å². The molecule has 3 aromatic rings. The molecule has 0 spiro atoms. The number of rotatable bonds is 8. The molecule has 0 saturated carbocycles. The minimum atomic E-state index is -0.911. The number of methoxy groups -OCH3 is 2. The molecule has 1 aliphatic heterocycles. The molecule has 1 atom stereocenters. The molecule has 3 aromatic carbocycles. The lowest BCUT2D eigenvalue weighted by molar-refractivity contribution is -0.122. The fraction of sp³-hybridized carbons (Fsp3) is 0.222. The first-order valence-corrected chi connectivity index (χ1v) is 11.5. The first kappa shape index (κ1) is 24.3. The molecule has 35 heavy (non-hydrogen) atoms. The van der Waals surface area contributed by atoms with E-state index in [9.17, 15) is 14.4 Å². The summed E-state index contributed by atoms with van der Waals surface area (Å²) in [6.07, 6.45) is 0.365. The Kier molecular flexibility index (Phi) is 7.36. The van der Waals surface area contributed by atoms with Crippen molar-refractivity contribution in [3.05, 3.63) is 88.9 Å². The Balaban J connectivity index is 1.62. The highest BCUT2D eigenvalue weighted by atomic mass is 35.5. The first-order valence-electron chi connectivity index (χ1n) is 11.1. The van der Waals surface area contributed by atoms with Gasteiger partial charge in [-0.2, -0.15) is 0 Å². The van der Waals surface area contributed by atoms with Gasteiger partial charge in [0.1, 0.15) is 6.04 Å². The molecule has 0 aromatic heterocycles. The van der Waals surface area contributed by atoms with Gasteiger partial charge in [0.25, 0.3) is 11.8 Å². The summed E-state index contributed by atoms with van der Waals surface area (Å²) in [5, 5.41) is 0.500. The molecule has 0 unspecified atom stereocenters. The van der Waals surface area contributed by atoms with Crippen molar-refractivity contribution in [1.29, 1.82) is 0 Å². The van der Waals surface area contributed by atoms with Crippen molar-refractivity contribution < 1.29 is 23.9 Å². The number of hydrogen-bond acceptors (Lipinski definition) is 5. The lowest BCUT2D eigenvalue weighted by Gasteiger charge is -2.28. The average molecular weight is 493 g/mol. The highest BCUT2D eigenvalue weighted by Crippen LogP contribution is 2.30. The standard InChI is InChI=1S/C27H25ClN2O5/c1-34-23-13-8-18(16-24(23)35-2)14-15-29(26(32)19-6-4-3-5-7-19)22-17-25(31)30(27(22)33)21-11-9-20(28)10-12-21/h3-13,16,22H,14-15,17H2,1-2H3/t22-/m0/s1. The van der Waals surface area contributed by atoms with E-state index in [1.807, 2.05) is 18.2 Å². The number of carbonyl (C=O) groups excluding carboxylic acids is 3. The number of hydrogen-bond donors (Lipinski definition) is 0. The summed E-state index contributed by atoms with van der Waals surface area (Å²) in [4.78, 5) is 42.4. The third-order valence-electron chi connectivity index (χ3n) is 5.95. The maximum Gasteiger partial charge on any atom is 0.257 e. The maximum atomic E-state index is 13.5. The lowest BCUT2D eigenvalue weighted by atomic mass is 10.1. The summed E-state index contributed by atoms with van der Waals surface area (Å²) in [7, 11) is 3.12. The summed E-state index contributed by atoms with van der Waals surface area (Å²) in [5.74, 6) is 0.0685. The van der Waals surface area contributed by atoms with E-state index in [-0.39, 0.29) is 24.8 Å². The van der Waals surface area contributed by atoms with Gasteiger partial charge in [0.2, 0.25) is 5.91 Å². The van der Waals surface area contributed by atoms with E-state index in [1.165, 1.54) is 4.90 Å².